The topological polar surface area (TPSA) is 63.5 Å². The van der Waals surface area contributed by atoms with Crippen molar-refractivity contribution in [2.45, 2.75) is 44.2 Å². The van der Waals surface area contributed by atoms with Gasteiger partial charge < -0.3 is 0 Å². The van der Waals surface area contributed by atoms with E-state index in [9.17, 15) is 8.42 Å². The quantitative estimate of drug-likeness (QED) is 0.939. The van der Waals surface area contributed by atoms with Gasteiger partial charge in [-0.2, -0.15) is 0 Å². The molecule has 2 aromatic rings. The second-order valence-corrected chi connectivity index (χ2v) is 8.68. The van der Waals surface area contributed by atoms with Gasteiger partial charge in [0.2, 0.25) is 0 Å². The maximum absolute atomic E-state index is 12.6. The molecule has 8 heteroatoms. The molecular weight excluding hydrogens is 318 g/mol. The number of nitrogens with zero attached hydrogens (tertiary/aromatic N) is 2. The van der Waals surface area contributed by atoms with Gasteiger partial charge in [-0.15, -0.1) is 11.3 Å². The summed E-state index contributed by atoms with van der Waals surface area (Å²) in [6, 6.07) is -0.0623. The van der Waals surface area contributed by atoms with Crippen LogP contribution in [0.5, 0.6) is 0 Å². The minimum absolute atomic E-state index is 0.0279. The van der Waals surface area contributed by atoms with Crippen molar-refractivity contribution < 1.29 is 8.42 Å². The third-order valence-electron chi connectivity index (χ3n) is 3.99. The molecule has 2 aromatic heterocycles. The van der Waals surface area contributed by atoms with Crippen molar-refractivity contribution in [2.75, 3.05) is 0 Å². The fraction of sp³-hybridized carbons (Fsp3) is 0.583. The van der Waals surface area contributed by atoms with Crippen LogP contribution in [0.3, 0.4) is 0 Å². The first-order valence-corrected chi connectivity index (χ1v) is 9.19. The predicted octanol–water partition coefficient (Wildman–Crippen LogP) is 2.91. The lowest BCUT2D eigenvalue weighted by atomic mass is 9.88. The lowest BCUT2D eigenvalue weighted by Gasteiger charge is -2.27. The van der Waals surface area contributed by atoms with Gasteiger partial charge in [0.15, 0.2) is 15.1 Å². The first-order valence-electron chi connectivity index (χ1n) is 6.45. The Morgan fingerprint density at radius 2 is 2.30 bits per heavy atom. The number of hydrogen-bond donors (Lipinski definition) is 1. The van der Waals surface area contributed by atoms with Gasteiger partial charge in [0.1, 0.15) is 0 Å². The standard InChI is InChI=1S/C12H16ClN3O2S2/c1-12(2)5-3-4-8(12)15-20(17,18)10-9(13)14-11-16(10)6-7-19-11/h6-8,15H,3-5H2,1-2H3. The monoisotopic (exact) mass is 333 g/mol. The van der Waals surface area contributed by atoms with Crippen LogP contribution in [0.2, 0.25) is 5.15 Å². The van der Waals surface area contributed by atoms with E-state index in [1.54, 1.807) is 11.6 Å². The summed E-state index contributed by atoms with van der Waals surface area (Å²) in [5.74, 6) is 0. The summed E-state index contributed by atoms with van der Waals surface area (Å²) >= 11 is 7.36. The van der Waals surface area contributed by atoms with E-state index in [1.807, 2.05) is 0 Å². The third-order valence-corrected chi connectivity index (χ3v) is 6.61. The highest BCUT2D eigenvalue weighted by atomic mass is 35.5. The summed E-state index contributed by atoms with van der Waals surface area (Å²) in [4.78, 5) is 4.66. The molecule has 0 bridgehead atoms. The molecule has 20 heavy (non-hydrogen) atoms. The van der Waals surface area contributed by atoms with E-state index in [-0.39, 0.29) is 21.6 Å². The van der Waals surface area contributed by atoms with Crippen LogP contribution in [0.25, 0.3) is 4.96 Å². The number of imidazole rings is 1. The number of rotatable bonds is 3. The smallest absolute Gasteiger partial charge is 0.260 e. The molecule has 0 saturated heterocycles. The van der Waals surface area contributed by atoms with Crippen molar-refractivity contribution in [1.29, 1.82) is 0 Å². The zero-order valence-electron chi connectivity index (χ0n) is 11.3. The zero-order chi connectivity index (χ0) is 14.5. The van der Waals surface area contributed by atoms with E-state index in [2.05, 4.69) is 23.6 Å². The van der Waals surface area contributed by atoms with E-state index < -0.39 is 10.0 Å². The molecule has 110 valence electrons. The summed E-state index contributed by atoms with van der Waals surface area (Å²) in [6.45, 7) is 4.18. The molecule has 5 nitrogen and oxygen atoms in total. The number of thiazole rings is 1. The molecule has 1 saturated carbocycles. The molecule has 0 radical (unpaired) electrons. The van der Waals surface area contributed by atoms with Crippen LogP contribution in [0.15, 0.2) is 16.6 Å². The molecule has 3 rings (SSSR count). The molecule has 0 aliphatic heterocycles. The number of halogens is 1. The molecule has 1 aliphatic rings. The van der Waals surface area contributed by atoms with Gasteiger partial charge in [-0.05, 0) is 18.3 Å². The van der Waals surface area contributed by atoms with Crippen molar-refractivity contribution in [3.05, 3.63) is 16.7 Å². The molecule has 1 atom stereocenters. The molecule has 0 aromatic carbocycles. The Labute approximate surface area is 127 Å². The average Bonchev–Trinajstić information content (AvgIpc) is 2.93. The van der Waals surface area contributed by atoms with Crippen molar-refractivity contribution in [1.82, 2.24) is 14.1 Å². The third kappa shape index (κ3) is 2.26. The lowest BCUT2D eigenvalue weighted by Crippen LogP contribution is -2.41. The van der Waals surface area contributed by atoms with Crippen LogP contribution in [0.4, 0.5) is 0 Å². The number of hydrogen-bond acceptors (Lipinski definition) is 4. The molecule has 1 N–H and O–H groups in total. The zero-order valence-corrected chi connectivity index (χ0v) is 13.6. The summed E-state index contributed by atoms with van der Waals surface area (Å²) in [6.07, 6.45) is 4.59. The van der Waals surface area contributed by atoms with E-state index in [0.29, 0.717) is 4.96 Å². The Morgan fingerprint density at radius 3 is 2.95 bits per heavy atom. The van der Waals surface area contributed by atoms with Gasteiger partial charge in [0, 0.05) is 17.6 Å². The summed E-state index contributed by atoms with van der Waals surface area (Å²) in [7, 11) is -3.67. The van der Waals surface area contributed by atoms with Gasteiger partial charge in [-0.1, -0.05) is 31.9 Å². The van der Waals surface area contributed by atoms with Crippen LogP contribution >= 0.6 is 22.9 Å². The number of nitrogens with one attached hydrogen (secondary N) is 1. The highest BCUT2D eigenvalue weighted by Crippen LogP contribution is 2.38. The lowest BCUT2D eigenvalue weighted by molar-refractivity contribution is 0.312. The van der Waals surface area contributed by atoms with E-state index in [4.69, 9.17) is 11.6 Å². The second kappa shape index (κ2) is 4.69. The summed E-state index contributed by atoms with van der Waals surface area (Å²) in [5, 5.41) is 1.86. The number of aromatic nitrogens is 2. The Balaban J connectivity index is 2.00. The van der Waals surface area contributed by atoms with E-state index in [0.717, 1.165) is 19.3 Å². The molecule has 1 aliphatic carbocycles. The molecule has 1 unspecified atom stereocenters. The van der Waals surface area contributed by atoms with Crippen molar-refractivity contribution in [3.8, 4) is 0 Å². The first kappa shape index (κ1) is 14.3. The molecule has 0 spiro atoms. The minimum atomic E-state index is -3.67. The largest absolute Gasteiger partial charge is 0.279 e. The Kier molecular flexibility index (Phi) is 3.36. The van der Waals surface area contributed by atoms with Gasteiger partial charge in [-0.25, -0.2) is 18.1 Å². The highest BCUT2D eigenvalue weighted by molar-refractivity contribution is 7.89. The summed E-state index contributed by atoms with van der Waals surface area (Å²) < 4.78 is 29.6. The van der Waals surface area contributed by atoms with Crippen molar-refractivity contribution in [2.24, 2.45) is 5.41 Å². The number of fused-ring (bicyclic) bond motifs is 1. The molecule has 0 amide bonds. The predicted molar refractivity (Wildman–Crippen MR) is 79.8 cm³/mol. The highest BCUT2D eigenvalue weighted by Gasteiger charge is 2.38. The van der Waals surface area contributed by atoms with Gasteiger partial charge >= 0.3 is 0 Å². The van der Waals surface area contributed by atoms with E-state index in [1.165, 1.54) is 15.7 Å². The normalized spacial score (nSPS) is 22.6. The SMILES string of the molecule is CC1(C)CCCC1NS(=O)(=O)c1c(Cl)nc2sccn12. The minimum Gasteiger partial charge on any atom is -0.279 e. The van der Waals surface area contributed by atoms with Gasteiger partial charge in [0.05, 0.1) is 0 Å². The first-order chi connectivity index (χ1) is 9.31. The summed E-state index contributed by atoms with van der Waals surface area (Å²) in [5.41, 5.74) is -0.0298. The van der Waals surface area contributed by atoms with Crippen LogP contribution < -0.4 is 4.72 Å². The Morgan fingerprint density at radius 1 is 1.55 bits per heavy atom. The molecule has 1 fully saturated rings. The average molecular weight is 334 g/mol. The Hall–Kier alpha value is -0.630. The second-order valence-electron chi connectivity index (χ2n) is 5.82. The van der Waals surface area contributed by atoms with Gasteiger partial charge in [0.25, 0.3) is 10.0 Å². The maximum atomic E-state index is 12.6. The molecule has 2 heterocycles. The van der Waals surface area contributed by atoms with Crippen molar-refractivity contribution in [3.63, 3.8) is 0 Å². The Bertz CT molecular complexity index is 748. The van der Waals surface area contributed by atoms with Crippen LogP contribution in [0.1, 0.15) is 33.1 Å². The molecular formula is C12H16ClN3O2S2. The van der Waals surface area contributed by atoms with Crippen LogP contribution in [-0.4, -0.2) is 23.8 Å². The van der Waals surface area contributed by atoms with Crippen LogP contribution in [-0.2, 0) is 10.0 Å². The fourth-order valence-electron chi connectivity index (χ4n) is 2.77. The maximum Gasteiger partial charge on any atom is 0.260 e. The van der Waals surface area contributed by atoms with Crippen LogP contribution in [0, 0.1) is 5.41 Å². The number of sulfonamides is 1. The van der Waals surface area contributed by atoms with E-state index >= 15 is 0 Å². The van der Waals surface area contributed by atoms with Crippen molar-refractivity contribution >= 4 is 37.9 Å². The fourth-order valence-corrected chi connectivity index (χ4v) is 5.66. The van der Waals surface area contributed by atoms with Gasteiger partial charge in [-0.3, -0.25) is 4.40 Å².